The first kappa shape index (κ1) is 14.8. The third-order valence-corrected chi connectivity index (χ3v) is 3.78. The number of hydrogen-bond acceptors (Lipinski definition) is 4. The van der Waals surface area contributed by atoms with Crippen LogP contribution in [-0.4, -0.2) is 27.6 Å². The summed E-state index contributed by atoms with van der Waals surface area (Å²) < 4.78 is 1.53. The number of carbonyl (C=O) groups is 1. The Morgan fingerprint density at radius 1 is 1.04 bits per heavy atom. The van der Waals surface area contributed by atoms with Crippen LogP contribution >= 0.6 is 0 Å². The van der Waals surface area contributed by atoms with Gasteiger partial charge in [0.15, 0.2) is 5.69 Å². The molecule has 0 saturated heterocycles. The molecule has 0 amide bonds. The van der Waals surface area contributed by atoms with Crippen LogP contribution in [0.15, 0.2) is 54.5 Å². The van der Waals surface area contributed by atoms with Gasteiger partial charge < -0.3 is 0 Å². The van der Waals surface area contributed by atoms with Gasteiger partial charge in [-0.2, -0.15) is 5.10 Å². The number of rotatable bonds is 0. The first-order chi connectivity index (χ1) is 11.2. The Hall–Kier alpha value is -3.08. The Morgan fingerprint density at radius 3 is 2.26 bits per heavy atom. The summed E-state index contributed by atoms with van der Waals surface area (Å²) in [7, 11) is 3.40. The van der Waals surface area contributed by atoms with E-state index in [-0.39, 0.29) is 5.78 Å². The summed E-state index contributed by atoms with van der Waals surface area (Å²) in [6, 6.07) is 11.9. The van der Waals surface area contributed by atoms with Crippen LogP contribution in [0.4, 0.5) is 0 Å². The summed E-state index contributed by atoms with van der Waals surface area (Å²) in [6.45, 7) is 6.00. The minimum absolute atomic E-state index is 0.0727. The lowest BCUT2D eigenvalue weighted by Gasteiger charge is -2.03. The van der Waals surface area contributed by atoms with Gasteiger partial charge in [0, 0.05) is 25.2 Å². The summed E-state index contributed by atoms with van der Waals surface area (Å²) in [6.07, 6.45) is 0. The molecule has 2 aromatic carbocycles. The minimum Gasteiger partial charge on any atom is -0.287 e. The number of hydrogen-bond donors (Lipinski definition) is 0. The van der Waals surface area contributed by atoms with Crippen molar-refractivity contribution < 1.29 is 4.79 Å². The van der Waals surface area contributed by atoms with E-state index in [1.54, 1.807) is 14.1 Å². The van der Waals surface area contributed by atoms with Crippen LogP contribution in [0.5, 0.6) is 0 Å². The molecule has 114 valence electrons. The fourth-order valence-electron chi connectivity index (χ4n) is 2.75. The van der Waals surface area contributed by atoms with Crippen molar-refractivity contribution in [1.29, 1.82) is 0 Å². The number of fused-ring (bicyclic) bond motifs is 4. The van der Waals surface area contributed by atoms with Gasteiger partial charge in [-0.15, -0.1) is 13.2 Å². The standard InChI is InChI=1S/C16H12N4O.C2H4/c1-17-16-18-13-11-7-9-5-3-4-6-10(9)8-12(11)15(21)14(13)19-20(16)2;1-2/h3-8H,1-2H3;1-2H2. The lowest BCUT2D eigenvalue weighted by molar-refractivity contribution is 0.103. The lowest BCUT2D eigenvalue weighted by Crippen LogP contribution is -2.26. The summed E-state index contributed by atoms with van der Waals surface area (Å²) in [5, 5.41) is 6.45. The topological polar surface area (TPSA) is 60.1 Å². The van der Waals surface area contributed by atoms with E-state index in [4.69, 9.17) is 0 Å². The third kappa shape index (κ3) is 2.17. The van der Waals surface area contributed by atoms with Crippen LogP contribution in [0.1, 0.15) is 16.1 Å². The summed E-state index contributed by atoms with van der Waals surface area (Å²) in [5.74, 6) is -0.0727. The van der Waals surface area contributed by atoms with Crippen LogP contribution in [0, 0.1) is 0 Å². The average molecular weight is 304 g/mol. The zero-order valence-electron chi connectivity index (χ0n) is 13.1. The number of ketones is 1. The van der Waals surface area contributed by atoms with Gasteiger partial charge in [-0.1, -0.05) is 24.3 Å². The monoisotopic (exact) mass is 304 g/mol. The number of nitrogens with zero attached hydrogens (tertiary/aromatic N) is 4. The largest absolute Gasteiger partial charge is 0.287 e. The Morgan fingerprint density at radius 2 is 1.65 bits per heavy atom. The number of aromatic nitrogens is 3. The molecule has 5 heteroatoms. The Balaban J connectivity index is 0.000000753. The smallest absolute Gasteiger partial charge is 0.241 e. The molecule has 0 fully saturated rings. The Labute approximate surface area is 133 Å². The van der Waals surface area contributed by atoms with Crippen molar-refractivity contribution in [2.75, 3.05) is 7.05 Å². The molecule has 1 aliphatic carbocycles. The van der Waals surface area contributed by atoms with Crippen LogP contribution in [-0.2, 0) is 7.05 Å². The van der Waals surface area contributed by atoms with Crippen molar-refractivity contribution in [2.45, 2.75) is 0 Å². The van der Waals surface area contributed by atoms with Crippen LogP contribution in [0.3, 0.4) is 0 Å². The molecular formula is C18H16N4O. The van der Waals surface area contributed by atoms with Gasteiger partial charge in [0.1, 0.15) is 5.69 Å². The minimum atomic E-state index is -0.0727. The molecule has 3 aromatic rings. The van der Waals surface area contributed by atoms with E-state index < -0.39 is 0 Å². The van der Waals surface area contributed by atoms with E-state index in [9.17, 15) is 4.79 Å². The first-order valence-corrected chi connectivity index (χ1v) is 7.15. The molecular weight excluding hydrogens is 288 g/mol. The molecule has 0 atom stereocenters. The zero-order chi connectivity index (χ0) is 16.6. The predicted molar refractivity (Wildman–Crippen MR) is 90.1 cm³/mol. The Bertz CT molecular complexity index is 1000. The van der Waals surface area contributed by atoms with E-state index in [1.807, 2.05) is 36.4 Å². The second-order valence-corrected chi connectivity index (χ2v) is 5.03. The van der Waals surface area contributed by atoms with Gasteiger partial charge in [0.25, 0.3) is 0 Å². The molecule has 0 radical (unpaired) electrons. The summed E-state index contributed by atoms with van der Waals surface area (Å²) in [5.41, 5.74) is 3.03. The second-order valence-electron chi connectivity index (χ2n) is 5.03. The van der Waals surface area contributed by atoms with Crippen molar-refractivity contribution in [1.82, 2.24) is 14.8 Å². The molecule has 1 aliphatic rings. The molecule has 1 aromatic heterocycles. The number of carbonyl (C=O) groups excluding carboxylic acids is 1. The van der Waals surface area contributed by atoms with Gasteiger partial charge in [0.2, 0.25) is 11.4 Å². The first-order valence-electron chi connectivity index (χ1n) is 7.15. The summed E-state index contributed by atoms with van der Waals surface area (Å²) >= 11 is 0. The van der Waals surface area contributed by atoms with Crippen LogP contribution in [0.2, 0.25) is 0 Å². The zero-order valence-corrected chi connectivity index (χ0v) is 13.1. The molecule has 23 heavy (non-hydrogen) atoms. The maximum Gasteiger partial charge on any atom is 0.241 e. The van der Waals surface area contributed by atoms with Gasteiger partial charge in [-0.25, -0.2) is 9.67 Å². The van der Waals surface area contributed by atoms with E-state index in [0.717, 1.165) is 16.3 Å². The van der Waals surface area contributed by atoms with E-state index >= 15 is 0 Å². The molecule has 0 aliphatic heterocycles. The molecule has 0 saturated carbocycles. The quantitative estimate of drug-likeness (QED) is 0.469. The Kier molecular flexibility index (Phi) is 3.62. The number of benzene rings is 2. The van der Waals surface area contributed by atoms with Crippen molar-refractivity contribution in [3.63, 3.8) is 0 Å². The fraction of sp³-hybridized carbons (Fsp3) is 0.111. The van der Waals surface area contributed by atoms with Gasteiger partial charge in [0.05, 0.1) is 0 Å². The van der Waals surface area contributed by atoms with Crippen LogP contribution in [0.25, 0.3) is 22.0 Å². The highest BCUT2D eigenvalue weighted by Gasteiger charge is 2.30. The highest BCUT2D eigenvalue weighted by molar-refractivity contribution is 6.21. The van der Waals surface area contributed by atoms with Gasteiger partial charge in [-0.05, 0) is 22.9 Å². The van der Waals surface area contributed by atoms with Crippen molar-refractivity contribution >= 4 is 16.6 Å². The van der Waals surface area contributed by atoms with Crippen molar-refractivity contribution in [2.24, 2.45) is 12.0 Å². The predicted octanol–water partition coefficient (Wildman–Crippen LogP) is 2.51. The third-order valence-electron chi connectivity index (χ3n) is 3.78. The van der Waals surface area contributed by atoms with E-state index in [1.165, 1.54) is 4.68 Å². The number of aryl methyl sites for hydroxylation is 1. The maximum absolute atomic E-state index is 12.5. The second kappa shape index (κ2) is 5.61. The van der Waals surface area contributed by atoms with E-state index in [0.29, 0.717) is 22.6 Å². The molecule has 0 unspecified atom stereocenters. The normalized spacial score (nSPS) is 12.6. The highest BCUT2D eigenvalue weighted by atomic mass is 16.1. The lowest BCUT2D eigenvalue weighted by atomic mass is 10.0. The molecule has 5 nitrogen and oxygen atoms in total. The van der Waals surface area contributed by atoms with E-state index in [2.05, 4.69) is 28.2 Å². The molecule has 0 bridgehead atoms. The SMILES string of the molecule is C=C.CN=c1nc2c(nn1C)C(=O)c1cc3ccccc3cc1-2. The maximum atomic E-state index is 12.5. The molecule has 1 heterocycles. The average Bonchev–Trinajstić information content (AvgIpc) is 2.85. The van der Waals surface area contributed by atoms with Crippen LogP contribution < -0.4 is 5.62 Å². The molecule has 0 spiro atoms. The van der Waals surface area contributed by atoms with Gasteiger partial charge >= 0.3 is 0 Å². The molecule has 0 N–H and O–H groups in total. The van der Waals surface area contributed by atoms with Gasteiger partial charge in [-0.3, -0.25) is 9.79 Å². The molecule has 4 rings (SSSR count). The summed E-state index contributed by atoms with van der Waals surface area (Å²) in [4.78, 5) is 21.1. The van der Waals surface area contributed by atoms with Crippen molar-refractivity contribution in [3.8, 4) is 11.3 Å². The fourth-order valence-corrected chi connectivity index (χ4v) is 2.75. The highest BCUT2D eigenvalue weighted by Crippen LogP contribution is 2.35. The van der Waals surface area contributed by atoms with Crippen molar-refractivity contribution in [3.05, 3.63) is 66.4 Å².